The van der Waals surface area contributed by atoms with Crippen molar-refractivity contribution in [1.29, 1.82) is 0 Å². The minimum atomic E-state index is -3.36. The second-order valence-electron chi connectivity index (χ2n) is 6.49. The summed E-state index contributed by atoms with van der Waals surface area (Å²) in [4.78, 5) is 0. The summed E-state index contributed by atoms with van der Waals surface area (Å²) < 4.78 is 30.5. The molecule has 5 nitrogen and oxygen atoms in total. The second-order valence-corrected chi connectivity index (χ2v) is 8.56. The minimum absolute atomic E-state index is 0.0976. The number of anilines is 1. The van der Waals surface area contributed by atoms with Gasteiger partial charge in [0.2, 0.25) is 0 Å². The average molecular weight is 375 g/mol. The summed E-state index contributed by atoms with van der Waals surface area (Å²) in [6.07, 6.45) is 0.643. The van der Waals surface area contributed by atoms with E-state index in [1.165, 1.54) is 5.56 Å². The van der Waals surface area contributed by atoms with Gasteiger partial charge in [0.15, 0.2) is 5.78 Å². The largest absolute Gasteiger partial charge is 0.494 e. The Labute approximate surface area is 155 Å². The molecular weight excluding hydrogens is 349 g/mol. The zero-order valence-electron chi connectivity index (χ0n) is 15.5. The van der Waals surface area contributed by atoms with Crippen LogP contribution in [0.2, 0.25) is 0 Å². The predicted octanol–water partition coefficient (Wildman–Crippen LogP) is 5.52. The lowest BCUT2D eigenvalue weighted by Crippen LogP contribution is -2.23. The molecule has 1 N–H and O–H groups in total. The van der Waals surface area contributed by atoms with Gasteiger partial charge in [-0.1, -0.05) is 29.8 Å². The van der Waals surface area contributed by atoms with Crippen LogP contribution in [0.1, 0.15) is 37.2 Å². The van der Waals surface area contributed by atoms with Gasteiger partial charge < -0.3 is 19.1 Å². The third kappa shape index (κ3) is 4.47. The average Bonchev–Trinajstić information content (AvgIpc) is 2.62. The topological polar surface area (TPSA) is 56.8 Å². The number of nitrogens with one attached hydrogen (secondary N) is 1. The fourth-order valence-corrected chi connectivity index (χ4v) is 5.02. The van der Waals surface area contributed by atoms with E-state index in [0.717, 1.165) is 23.4 Å². The van der Waals surface area contributed by atoms with Crippen LogP contribution in [0.3, 0.4) is 0 Å². The molecule has 0 bridgehead atoms. The molecule has 0 unspecified atom stereocenters. The third-order valence-electron chi connectivity index (χ3n) is 4.30. The molecular formula is C20H26NO4P. The van der Waals surface area contributed by atoms with Gasteiger partial charge in [-0.2, -0.15) is 0 Å². The maximum absolute atomic E-state index is 13.5. The molecule has 0 amide bonds. The molecule has 6 heteroatoms. The van der Waals surface area contributed by atoms with Crippen molar-refractivity contribution in [2.45, 2.75) is 39.1 Å². The summed E-state index contributed by atoms with van der Waals surface area (Å²) in [5, 5.41) is 3.35. The smallest absolute Gasteiger partial charge is 0.357 e. The first kappa shape index (κ1) is 19.0. The zero-order chi connectivity index (χ0) is 18.6. The molecule has 3 rings (SSSR count). The monoisotopic (exact) mass is 375 g/mol. The first-order chi connectivity index (χ1) is 12.5. The maximum atomic E-state index is 13.5. The Hall–Kier alpha value is -1.81. The minimum Gasteiger partial charge on any atom is -0.494 e. The van der Waals surface area contributed by atoms with E-state index in [9.17, 15) is 4.57 Å². The molecule has 0 aromatic heterocycles. The predicted molar refractivity (Wildman–Crippen MR) is 104 cm³/mol. The Kier molecular flexibility index (Phi) is 6.02. The van der Waals surface area contributed by atoms with E-state index in [-0.39, 0.29) is 6.10 Å². The zero-order valence-corrected chi connectivity index (χ0v) is 16.4. The molecule has 0 radical (unpaired) electrons. The van der Waals surface area contributed by atoms with Crippen LogP contribution < -0.4 is 10.1 Å². The molecule has 0 aliphatic carbocycles. The molecule has 2 aromatic rings. The maximum Gasteiger partial charge on any atom is 0.357 e. The summed E-state index contributed by atoms with van der Waals surface area (Å²) in [5.41, 5.74) is 2.88. The number of hydrogen-bond donors (Lipinski definition) is 1. The fourth-order valence-electron chi connectivity index (χ4n) is 2.88. The summed E-state index contributed by atoms with van der Waals surface area (Å²) >= 11 is 0. The lowest BCUT2D eigenvalue weighted by molar-refractivity contribution is 0.0887. The van der Waals surface area contributed by atoms with Crippen molar-refractivity contribution in [2.75, 3.05) is 18.5 Å². The summed E-state index contributed by atoms with van der Waals surface area (Å²) in [6.45, 7) is 6.94. The van der Waals surface area contributed by atoms with Crippen molar-refractivity contribution in [3.05, 3.63) is 59.7 Å². The molecule has 1 aliphatic rings. The number of hydrogen-bond acceptors (Lipinski definition) is 5. The normalized spacial score (nSPS) is 24.0. The first-order valence-corrected chi connectivity index (χ1v) is 10.6. The van der Waals surface area contributed by atoms with Gasteiger partial charge in [-0.15, -0.1) is 0 Å². The van der Waals surface area contributed by atoms with Crippen LogP contribution >= 0.6 is 7.60 Å². The van der Waals surface area contributed by atoms with Gasteiger partial charge in [0.25, 0.3) is 0 Å². The lowest BCUT2D eigenvalue weighted by atomic mass is 10.2. The van der Waals surface area contributed by atoms with Crippen LogP contribution in [-0.2, 0) is 13.6 Å². The number of benzene rings is 2. The molecule has 1 fully saturated rings. The number of aryl methyl sites for hydroxylation is 1. The van der Waals surface area contributed by atoms with E-state index < -0.39 is 13.4 Å². The van der Waals surface area contributed by atoms with Crippen LogP contribution in [0.4, 0.5) is 5.69 Å². The summed E-state index contributed by atoms with van der Waals surface area (Å²) in [6, 6.07) is 15.5. The molecule has 3 atom stereocenters. The van der Waals surface area contributed by atoms with Gasteiger partial charge in [0.05, 0.1) is 19.3 Å². The highest BCUT2D eigenvalue weighted by molar-refractivity contribution is 7.54. The van der Waals surface area contributed by atoms with Crippen LogP contribution in [0.15, 0.2) is 48.5 Å². The van der Waals surface area contributed by atoms with Crippen LogP contribution in [-0.4, -0.2) is 19.3 Å². The third-order valence-corrected chi connectivity index (χ3v) is 6.56. The summed E-state index contributed by atoms with van der Waals surface area (Å²) in [5.74, 6) is 0.200. The van der Waals surface area contributed by atoms with E-state index in [2.05, 4.69) is 5.32 Å². The van der Waals surface area contributed by atoms with Gasteiger partial charge >= 0.3 is 7.60 Å². The van der Waals surface area contributed by atoms with Gasteiger partial charge in [-0.3, -0.25) is 4.57 Å². The fraction of sp³-hybridized carbons (Fsp3) is 0.400. The Morgan fingerprint density at radius 3 is 2.50 bits per heavy atom. The Balaban J connectivity index is 1.92. The van der Waals surface area contributed by atoms with Crippen molar-refractivity contribution in [3.63, 3.8) is 0 Å². The van der Waals surface area contributed by atoms with E-state index >= 15 is 0 Å². The lowest BCUT2D eigenvalue weighted by Gasteiger charge is -2.34. The Bertz CT molecular complexity index is 760. The second kappa shape index (κ2) is 8.26. The van der Waals surface area contributed by atoms with Crippen molar-refractivity contribution in [2.24, 2.45) is 0 Å². The Morgan fingerprint density at radius 1 is 1.19 bits per heavy atom. The van der Waals surface area contributed by atoms with Gasteiger partial charge in [0.1, 0.15) is 5.75 Å². The van der Waals surface area contributed by atoms with Crippen molar-refractivity contribution >= 4 is 13.3 Å². The van der Waals surface area contributed by atoms with Gasteiger partial charge in [-0.05, 0) is 57.0 Å². The molecule has 2 aromatic carbocycles. The SMILES string of the molecule is CCOc1ccc([C@H](Nc2ccc(C)cc2)[P@]2(=O)OCC[C@H](C)O2)cc1. The van der Waals surface area contributed by atoms with Crippen LogP contribution in [0, 0.1) is 6.92 Å². The molecule has 0 spiro atoms. The van der Waals surface area contributed by atoms with Crippen LogP contribution in [0.5, 0.6) is 5.75 Å². The molecule has 1 heterocycles. The molecule has 26 heavy (non-hydrogen) atoms. The highest BCUT2D eigenvalue weighted by atomic mass is 31.2. The van der Waals surface area contributed by atoms with E-state index in [4.69, 9.17) is 13.8 Å². The molecule has 1 aliphatic heterocycles. The summed E-state index contributed by atoms with van der Waals surface area (Å²) in [7, 11) is -3.36. The van der Waals surface area contributed by atoms with Gasteiger partial charge in [0, 0.05) is 5.69 Å². The highest BCUT2D eigenvalue weighted by Gasteiger charge is 2.41. The standard InChI is InChI=1S/C20H26NO4P/c1-4-23-19-11-7-17(8-12-19)20(21-18-9-5-15(2)6-10-18)26(22)24-14-13-16(3)25-26/h5-12,16,20-21H,4,13-14H2,1-3H3/t16-,20+,26-/m0/s1. The van der Waals surface area contributed by atoms with Crippen molar-refractivity contribution in [3.8, 4) is 5.75 Å². The van der Waals surface area contributed by atoms with E-state index in [0.29, 0.717) is 13.2 Å². The van der Waals surface area contributed by atoms with E-state index in [1.54, 1.807) is 0 Å². The number of rotatable bonds is 6. The Morgan fingerprint density at radius 2 is 1.88 bits per heavy atom. The molecule has 1 saturated heterocycles. The number of ether oxygens (including phenoxy) is 1. The van der Waals surface area contributed by atoms with Gasteiger partial charge in [-0.25, -0.2) is 0 Å². The molecule has 0 saturated carbocycles. The quantitative estimate of drug-likeness (QED) is 0.674. The molecule has 140 valence electrons. The first-order valence-electron chi connectivity index (χ1n) is 8.99. The van der Waals surface area contributed by atoms with Crippen molar-refractivity contribution in [1.82, 2.24) is 0 Å². The van der Waals surface area contributed by atoms with Crippen LogP contribution in [0.25, 0.3) is 0 Å². The van der Waals surface area contributed by atoms with E-state index in [1.807, 2.05) is 69.3 Å². The van der Waals surface area contributed by atoms with Crippen molar-refractivity contribution < 1.29 is 18.3 Å². The highest BCUT2D eigenvalue weighted by Crippen LogP contribution is 2.63.